The number of hydrogen-bond donors (Lipinski definition) is 2. The van der Waals surface area contributed by atoms with Crippen LogP contribution in [0.1, 0.15) is 0 Å². The van der Waals surface area contributed by atoms with Gasteiger partial charge in [0.15, 0.2) is 5.58 Å². The lowest BCUT2D eigenvalue weighted by Crippen LogP contribution is -1.89. The molecule has 0 saturated heterocycles. The van der Waals surface area contributed by atoms with Gasteiger partial charge >= 0.3 is 0 Å². The highest BCUT2D eigenvalue weighted by atomic mass is 16.4. The van der Waals surface area contributed by atoms with Gasteiger partial charge in [-0.3, -0.25) is 4.68 Å². The van der Waals surface area contributed by atoms with E-state index in [1.54, 1.807) is 16.9 Å². The number of oxazole rings is 1. The molecule has 0 aliphatic heterocycles. The molecule has 3 aromatic rings. The number of hydrogen-bond acceptors (Lipinski definition) is 5. The van der Waals surface area contributed by atoms with Gasteiger partial charge in [-0.05, 0) is 12.1 Å². The Bertz CT molecular complexity index is 669. The summed E-state index contributed by atoms with van der Waals surface area (Å²) in [6.45, 7) is 0. The predicted octanol–water partition coefficient (Wildman–Crippen LogP) is 1.89. The Kier molecular flexibility index (Phi) is 2.01. The number of nitrogens with one attached hydrogen (secondary N) is 1. The summed E-state index contributed by atoms with van der Waals surface area (Å²) in [5.41, 5.74) is 8.55. The highest BCUT2D eigenvalue weighted by molar-refractivity contribution is 5.86. The van der Waals surface area contributed by atoms with Crippen molar-refractivity contribution in [3.63, 3.8) is 0 Å². The van der Waals surface area contributed by atoms with Crippen molar-refractivity contribution in [2.45, 2.75) is 0 Å². The zero-order valence-corrected chi connectivity index (χ0v) is 9.21. The van der Waals surface area contributed by atoms with E-state index in [1.165, 1.54) is 0 Å². The van der Waals surface area contributed by atoms with Crippen LogP contribution in [0.3, 0.4) is 0 Å². The van der Waals surface area contributed by atoms with Crippen molar-refractivity contribution in [2.24, 2.45) is 7.05 Å². The van der Waals surface area contributed by atoms with E-state index in [1.807, 2.05) is 25.4 Å². The molecule has 6 nitrogen and oxygen atoms in total. The summed E-state index contributed by atoms with van der Waals surface area (Å²) in [5, 5.41) is 7.07. The summed E-state index contributed by atoms with van der Waals surface area (Å²) in [6.07, 6.45) is 3.52. The Morgan fingerprint density at radius 3 is 3.00 bits per heavy atom. The number of nitrogens with zero attached hydrogens (tertiary/aromatic N) is 3. The lowest BCUT2D eigenvalue weighted by Gasteiger charge is -1.94. The predicted molar refractivity (Wildman–Crippen MR) is 64.9 cm³/mol. The maximum atomic E-state index is 5.80. The zero-order chi connectivity index (χ0) is 11.8. The number of benzene rings is 1. The van der Waals surface area contributed by atoms with E-state index in [0.29, 0.717) is 22.8 Å². The van der Waals surface area contributed by atoms with Crippen LogP contribution in [0.4, 0.5) is 17.4 Å². The van der Waals surface area contributed by atoms with Gasteiger partial charge in [0.05, 0.1) is 17.6 Å². The van der Waals surface area contributed by atoms with Gasteiger partial charge in [-0.2, -0.15) is 10.1 Å². The van der Waals surface area contributed by atoms with Gasteiger partial charge in [0, 0.05) is 13.2 Å². The topological polar surface area (TPSA) is 81.9 Å². The number of fused-ring (bicyclic) bond motifs is 1. The molecule has 3 rings (SSSR count). The minimum Gasteiger partial charge on any atom is -0.423 e. The molecule has 0 atom stereocenters. The first-order valence-electron chi connectivity index (χ1n) is 5.13. The second kappa shape index (κ2) is 3.51. The lowest BCUT2D eigenvalue weighted by molar-refractivity contribution is 0.623. The van der Waals surface area contributed by atoms with Crippen LogP contribution in [0, 0.1) is 0 Å². The van der Waals surface area contributed by atoms with Gasteiger partial charge in [0.25, 0.3) is 6.01 Å². The van der Waals surface area contributed by atoms with Crippen LogP contribution in [-0.4, -0.2) is 14.8 Å². The molecule has 0 radical (unpaired) electrons. The van der Waals surface area contributed by atoms with E-state index in [4.69, 9.17) is 10.2 Å². The van der Waals surface area contributed by atoms with Crippen LogP contribution in [0.15, 0.2) is 35.0 Å². The van der Waals surface area contributed by atoms with Crippen LogP contribution in [0.2, 0.25) is 0 Å². The number of aryl methyl sites for hydroxylation is 1. The second-order valence-electron chi connectivity index (χ2n) is 3.74. The van der Waals surface area contributed by atoms with Crippen molar-refractivity contribution in [1.82, 2.24) is 14.8 Å². The van der Waals surface area contributed by atoms with Gasteiger partial charge < -0.3 is 15.5 Å². The molecular formula is C11H11N5O. The molecule has 2 heterocycles. The van der Waals surface area contributed by atoms with E-state index in [2.05, 4.69) is 15.4 Å². The maximum Gasteiger partial charge on any atom is 0.300 e. The Morgan fingerprint density at radius 2 is 2.29 bits per heavy atom. The molecule has 0 amide bonds. The zero-order valence-electron chi connectivity index (χ0n) is 9.21. The van der Waals surface area contributed by atoms with Crippen LogP contribution >= 0.6 is 0 Å². The van der Waals surface area contributed by atoms with E-state index in [9.17, 15) is 0 Å². The van der Waals surface area contributed by atoms with Crippen molar-refractivity contribution in [1.29, 1.82) is 0 Å². The number of para-hydroxylation sites is 1. The fraction of sp³-hybridized carbons (Fsp3) is 0.0909. The molecular weight excluding hydrogens is 218 g/mol. The van der Waals surface area contributed by atoms with Gasteiger partial charge in [0.1, 0.15) is 5.52 Å². The molecule has 1 aromatic carbocycles. The first-order valence-corrected chi connectivity index (χ1v) is 5.13. The van der Waals surface area contributed by atoms with Crippen LogP contribution in [0.5, 0.6) is 0 Å². The minimum absolute atomic E-state index is 0.408. The number of nitrogens with two attached hydrogens (primary N) is 1. The van der Waals surface area contributed by atoms with Crippen molar-refractivity contribution < 1.29 is 4.42 Å². The van der Waals surface area contributed by atoms with Gasteiger partial charge in [0.2, 0.25) is 0 Å². The summed E-state index contributed by atoms with van der Waals surface area (Å²) >= 11 is 0. The summed E-state index contributed by atoms with van der Waals surface area (Å²) in [6, 6.07) is 5.86. The molecule has 0 aliphatic rings. The first-order chi connectivity index (χ1) is 8.22. The molecule has 0 aliphatic carbocycles. The van der Waals surface area contributed by atoms with Gasteiger partial charge in [-0.25, -0.2) is 0 Å². The van der Waals surface area contributed by atoms with Crippen LogP contribution < -0.4 is 11.1 Å². The van der Waals surface area contributed by atoms with Crippen molar-refractivity contribution in [3.8, 4) is 0 Å². The highest BCUT2D eigenvalue weighted by Gasteiger charge is 2.08. The smallest absolute Gasteiger partial charge is 0.300 e. The van der Waals surface area contributed by atoms with E-state index in [0.717, 1.165) is 5.69 Å². The minimum atomic E-state index is 0.408. The Labute approximate surface area is 97.0 Å². The normalized spacial score (nSPS) is 10.9. The van der Waals surface area contributed by atoms with Crippen molar-refractivity contribution >= 4 is 28.5 Å². The van der Waals surface area contributed by atoms with E-state index in [-0.39, 0.29) is 0 Å². The van der Waals surface area contributed by atoms with E-state index < -0.39 is 0 Å². The van der Waals surface area contributed by atoms with Gasteiger partial charge in [-0.15, -0.1) is 0 Å². The third-order valence-corrected chi connectivity index (χ3v) is 2.41. The fourth-order valence-electron chi connectivity index (χ4n) is 1.63. The quantitative estimate of drug-likeness (QED) is 0.656. The Morgan fingerprint density at radius 1 is 1.41 bits per heavy atom. The average Bonchev–Trinajstić information content (AvgIpc) is 2.86. The Balaban J connectivity index is 1.98. The summed E-state index contributed by atoms with van der Waals surface area (Å²) in [4.78, 5) is 4.28. The molecule has 0 spiro atoms. The maximum absolute atomic E-state index is 5.80. The molecule has 17 heavy (non-hydrogen) atoms. The summed E-state index contributed by atoms with van der Waals surface area (Å²) < 4.78 is 7.22. The molecule has 86 valence electrons. The third-order valence-electron chi connectivity index (χ3n) is 2.41. The number of anilines is 3. The fourth-order valence-corrected chi connectivity index (χ4v) is 1.63. The highest BCUT2D eigenvalue weighted by Crippen LogP contribution is 2.25. The van der Waals surface area contributed by atoms with Crippen molar-refractivity contribution in [3.05, 3.63) is 30.6 Å². The second-order valence-corrected chi connectivity index (χ2v) is 3.74. The summed E-state index contributed by atoms with van der Waals surface area (Å²) in [5.74, 6) is 0. The molecule has 0 bridgehead atoms. The third kappa shape index (κ3) is 1.69. The lowest BCUT2D eigenvalue weighted by atomic mass is 10.3. The molecule has 2 aromatic heterocycles. The monoisotopic (exact) mass is 229 g/mol. The first kappa shape index (κ1) is 9.71. The molecule has 0 fully saturated rings. The van der Waals surface area contributed by atoms with Crippen LogP contribution in [0.25, 0.3) is 11.1 Å². The molecule has 3 N–H and O–H groups in total. The SMILES string of the molecule is Cn1cc(Nc2nc3c(N)cccc3o2)cn1. The standard InChI is InChI=1S/C11H11N5O/c1-16-6-7(5-13-16)14-11-15-10-8(12)3-2-4-9(10)17-11/h2-6H,12H2,1H3,(H,14,15). The molecule has 0 saturated carbocycles. The van der Waals surface area contributed by atoms with E-state index >= 15 is 0 Å². The molecule has 0 unspecified atom stereocenters. The van der Waals surface area contributed by atoms with Gasteiger partial charge in [-0.1, -0.05) is 6.07 Å². The Hall–Kier alpha value is -2.50. The largest absolute Gasteiger partial charge is 0.423 e. The summed E-state index contributed by atoms with van der Waals surface area (Å²) in [7, 11) is 1.84. The number of nitrogen functional groups attached to an aromatic ring is 1. The number of rotatable bonds is 2. The number of aromatic nitrogens is 3. The van der Waals surface area contributed by atoms with Crippen LogP contribution in [-0.2, 0) is 7.05 Å². The van der Waals surface area contributed by atoms with Crippen molar-refractivity contribution in [2.75, 3.05) is 11.1 Å². The average molecular weight is 229 g/mol. The molecule has 6 heteroatoms.